The normalized spacial score (nSPS) is 10.7. The van der Waals surface area contributed by atoms with Gasteiger partial charge in [-0.25, -0.2) is 4.68 Å². The van der Waals surface area contributed by atoms with E-state index >= 15 is 0 Å². The summed E-state index contributed by atoms with van der Waals surface area (Å²) in [5.74, 6) is 0.734. The fourth-order valence-corrected chi connectivity index (χ4v) is 3.07. The molecule has 3 aromatic rings. The summed E-state index contributed by atoms with van der Waals surface area (Å²) in [7, 11) is 1.54. The zero-order chi connectivity index (χ0) is 20.8. The van der Waals surface area contributed by atoms with E-state index in [1.54, 1.807) is 49.6 Å². The van der Waals surface area contributed by atoms with Crippen molar-refractivity contribution in [3.05, 3.63) is 58.5 Å². The molecular formula is C22H25N3O4. The number of anilines is 1. The molecular weight excluding hydrogens is 370 g/mol. The van der Waals surface area contributed by atoms with Gasteiger partial charge in [-0.05, 0) is 31.5 Å². The Morgan fingerprint density at radius 1 is 1.10 bits per heavy atom. The van der Waals surface area contributed by atoms with Gasteiger partial charge in [0.2, 0.25) is 0 Å². The first-order chi connectivity index (χ1) is 14.1. The van der Waals surface area contributed by atoms with E-state index in [1.165, 1.54) is 4.68 Å². The average molecular weight is 395 g/mol. The molecule has 0 bridgehead atoms. The van der Waals surface area contributed by atoms with Crippen LogP contribution < -0.4 is 20.3 Å². The van der Waals surface area contributed by atoms with Crippen molar-refractivity contribution in [1.29, 1.82) is 0 Å². The van der Waals surface area contributed by atoms with Crippen molar-refractivity contribution in [1.82, 2.24) is 9.78 Å². The van der Waals surface area contributed by atoms with E-state index in [-0.39, 0.29) is 11.3 Å². The number of unbranched alkanes of at least 4 members (excludes halogenated alkanes) is 1. The maximum Gasteiger partial charge on any atom is 0.276 e. The summed E-state index contributed by atoms with van der Waals surface area (Å²) < 4.78 is 12.2. The molecule has 1 heterocycles. The summed E-state index contributed by atoms with van der Waals surface area (Å²) in [4.78, 5) is 25.7. The van der Waals surface area contributed by atoms with Gasteiger partial charge in [0.1, 0.15) is 0 Å². The summed E-state index contributed by atoms with van der Waals surface area (Å²) in [5.41, 5.74) is 0.574. The summed E-state index contributed by atoms with van der Waals surface area (Å²) in [6.45, 7) is 4.91. The molecule has 0 fully saturated rings. The van der Waals surface area contributed by atoms with Gasteiger partial charge in [0.15, 0.2) is 17.2 Å². The van der Waals surface area contributed by atoms with Crippen LogP contribution in [-0.2, 0) is 6.54 Å². The molecule has 0 spiro atoms. The minimum absolute atomic E-state index is 0.187. The van der Waals surface area contributed by atoms with Crippen molar-refractivity contribution >= 4 is 22.4 Å². The van der Waals surface area contributed by atoms with Crippen LogP contribution in [0.4, 0.5) is 5.69 Å². The topological polar surface area (TPSA) is 82.5 Å². The molecule has 0 radical (unpaired) electrons. The molecule has 1 amide bonds. The van der Waals surface area contributed by atoms with Crippen molar-refractivity contribution < 1.29 is 14.3 Å². The Hall–Kier alpha value is -3.35. The number of hydrogen-bond donors (Lipinski definition) is 1. The van der Waals surface area contributed by atoms with Gasteiger partial charge in [0.05, 0.1) is 19.1 Å². The molecule has 1 aromatic heterocycles. The van der Waals surface area contributed by atoms with Crippen LogP contribution in [0, 0.1) is 0 Å². The quantitative estimate of drug-likeness (QED) is 0.626. The second kappa shape index (κ2) is 9.23. The highest BCUT2D eigenvalue weighted by Gasteiger charge is 2.17. The van der Waals surface area contributed by atoms with Crippen LogP contribution in [0.15, 0.2) is 47.3 Å². The molecule has 0 saturated heterocycles. The standard InChI is InChI=1S/C22H25N3O4/c1-4-6-13-25-22(27)17-10-8-7-9-16(17)20(24-25)21(26)23-15-11-12-18(29-5-2)19(14-15)28-3/h7-12,14H,4-6,13H2,1-3H3,(H,23,26). The minimum Gasteiger partial charge on any atom is -0.493 e. The lowest BCUT2D eigenvalue weighted by molar-refractivity contribution is 0.102. The van der Waals surface area contributed by atoms with Crippen LogP contribution in [0.5, 0.6) is 11.5 Å². The molecule has 1 N–H and O–H groups in total. The molecule has 0 atom stereocenters. The number of fused-ring (bicyclic) bond motifs is 1. The fraction of sp³-hybridized carbons (Fsp3) is 0.318. The van der Waals surface area contributed by atoms with E-state index in [0.717, 1.165) is 12.8 Å². The SMILES string of the molecule is CCCCn1nc(C(=O)Nc2ccc(OCC)c(OC)c2)c2ccccc2c1=O. The number of nitrogens with one attached hydrogen (secondary N) is 1. The van der Waals surface area contributed by atoms with Gasteiger partial charge >= 0.3 is 0 Å². The highest BCUT2D eigenvalue weighted by atomic mass is 16.5. The van der Waals surface area contributed by atoms with Crippen LogP contribution in [0.2, 0.25) is 0 Å². The van der Waals surface area contributed by atoms with Crippen LogP contribution in [-0.4, -0.2) is 29.4 Å². The molecule has 0 saturated carbocycles. The van der Waals surface area contributed by atoms with E-state index in [1.807, 2.05) is 13.8 Å². The third-order valence-electron chi connectivity index (χ3n) is 4.53. The van der Waals surface area contributed by atoms with Crippen molar-refractivity contribution in [2.24, 2.45) is 0 Å². The first-order valence-corrected chi connectivity index (χ1v) is 9.71. The average Bonchev–Trinajstić information content (AvgIpc) is 2.74. The zero-order valence-corrected chi connectivity index (χ0v) is 16.9. The Kier molecular flexibility index (Phi) is 6.49. The number of carbonyl (C=O) groups excluding carboxylic acids is 1. The number of aromatic nitrogens is 2. The molecule has 0 aliphatic heterocycles. The van der Waals surface area contributed by atoms with Gasteiger partial charge in [-0.2, -0.15) is 5.10 Å². The molecule has 3 rings (SSSR count). The Balaban J connectivity index is 1.98. The maximum absolute atomic E-state index is 13.0. The van der Waals surface area contributed by atoms with Crippen molar-refractivity contribution in [2.45, 2.75) is 33.2 Å². The third-order valence-corrected chi connectivity index (χ3v) is 4.53. The van der Waals surface area contributed by atoms with Crippen LogP contribution in [0.3, 0.4) is 0 Å². The lowest BCUT2D eigenvalue weighted by Crippen LogP contribution is -2.27. The van der Waals surface area contributed by atoms with E-state index in [9.17, 15) is 9.59 Å². The second-order valence-corrected chi connectivity index (χ2v) is 6.53. The minimum atomic E-state index is -0.391. The van der Waals surface area contributed by atoms with E-state index < -0.39 is 5.91 Å². The first kappa shape index (κ1) is 20.4. The van der Waals surface area contributed by atoms with Gasteiger partial charge in [0, 0.05) is 23.7 Å². The Morgan fingerprint density at radius 3 is 2.55 bits per heavy atom. The van der Waals surface area contributed by atoms with Gasteiger partial charge in [-0.3, -0.25) is 9.59 Å². The van der Waals surface area contributed by atoms with Crippen LogP contribution >= 0.6 is 0 Å². The molecule has 0 unspecified atom stereocenters. The Labute approximate surface area is 169 Å². The molecule has 7 heteroatoms. The predicted octanol–water partition coefficient (Wildman–Crippen LogP) is 3.86. The first-order valence-electron chi connectivity index (χ1n) is 9.71. The van der Waals surface area contributed by atoms with E-state index in [2.05, 4.69) is 10.4 Å². The van der Waals surface area contributed by atoms with Gasteiger partial charge in [-0.15, -0.1) is 0 Å². The monoisotopic (exact) mass is 395 g/mol. The van der Waals surface area contributed by atoms with E-state index in [0.29, 0.717) is 41.1 Å². The van der Waals surface area contributed by atoms with E-state index in [4.69, 9.17) is 9.47 Å². The maximum atomic E-state index is 13.0. The van der Waals surface area contributed by atoms with Gasteiger partial charge in [-0.1, -0.05) is 31.5 Å². The molecule has 152 valence electrons. The third kappa shape index (κ3) is 4.39. The summed E-state index contributed by atoms with van der Waals surface area (Å²) in [6, 6.07) is 12.2. The number of amides is 1. The highest BCUT2D eigenvalue weighted by Crippen LogP contribution is 2.30. The smallest absolute Gasteiger partial charge is 0.276 e. The summed E-state index contributed by atoms with van der Waals surface area (Å²) in [5, 5.41) is 8.21. The summed E-state index contributed by atoms with van der Waals surface area (Å²) in [6.07, 6.45) is 1.73. The van der Waals surface area contributed by atoms with Crippen molar-refractivity contribution in [2.75, 3.05) is 19.0 Å². The fourth-order valence-electron chi connectivity index (χ4n) is 3.07. The Morgan fingerprint density at radius 2 is 1.86 bits per heavy atom. The number of nitrogens with zero attached hydrogens (tertiary/aromatic N) is 2. The predicted molar refractivity (Wildman–Crippen MR) is 113 cm³/mol. The molecule has 2 aromatic carbocycles. The van der Waals surface area contributed by atoms with Crippen molar-refractivity contribution in [3.63, 3.8) is 0 Å². The largest absolute Gasteiger partial charge is 0.493 e. The lowest BCUT2D eigenvalue weighted by atomic mass is 10.1. The molecule has 0 aliphatic rings. The molecule has 0 aliphatic carbocycles. The lowest BCUT2D eigenvalue weighted by Gasteiger charge is -2.13. The highest BCUT2D eigenvalue weighted by molar-refractivity contribution is 6.11. The van der Waals surface area contributed by atoms with Crippen LogP contribution in [0.25, 0.3) is 10.8 Å². The number of methoxy groups -OCH3 is 1. The number of rotatable bonds is 8. The van der Waals surface area contributed by atoms with Crippen molar-refractivity contribution in [3.8, 4) is 11.5 Å². The number of carbonyl (C=O) groups is 1. The zero-order valence-electron chi connectivity index (χ0n) is 16.9. The van der Waals surface area contributed by atoms with Gasteiger partial charge < -0.3 is 14.8 Å². The molecule has 7 nitrogen and oxygen atoms in total. The summed E-state index contributed by atoms with van der Waals surface area (Å²) >= 11 is 0. The van der Waals surface area contributed by atoms with Gasteiger partial charge in [0.25, 0.3) is 11.5 Å². The number of aryl methyl sites for hydroxylation is 1. The number of ether oxygens (including phenoxy) is 2. The number of benzene rings is 2. The second-order valence-electron chi connectivity index (χ2n) is 6.53. The molecule has 29 heavy (non-hydrogen) atoms. The van der Waals surface area contributed by atoms with Crippen LogP contribution in [0.1, 0.15) is 37.2 Å². The Bertz CT molecular complexity index is 1080. The number of hydrogen-bond acceptors (Lipinski definition) is 5.